The van der Waals surface area contributed by atoms with Gasteiger partial charge in [-0.1, -0.05) is 28.8 Å². The van der Waals surface area contributed by atoms with Crippen LogP contribution in [0.4, 0.5) is 5.82 Å². The van der Waals surface area contributed by atoms with Crippen LogP contribution in [0.1, 0.15) is 25.7 Å². The van der Waals surface area contributed by atoms with E-state index in [4.69, 9.17) is 4.74 Å². The third-order valence-corrected chi connectivity index (χ3v) is 5.83. The van der Waals surface area contributed by atoms with Crippen LogP contribution in [-0.2, 0) is 10.0 Å². The molecular formula is C16H18BrN3O3S. The van der Waals surface area contributed by atoms with Gasteiger partial charge in [0.15, 0.2) is 0 Å². The number of aromatic nitrogens is 2. The molecule has 3 rings (SSSR count). The van der Waals surface area contributed by atoms with Crippen LogP contribution < -0.4 is 9.46 Å². The predicted octanol–water partition coefficient (Wildman–Crippen LogP) is 3.61. The van der Waals surface area contributed by atoms with Crippen LogP contribution in [0.2, 0.25) is 0 Å². The van der Waals surface area contributed by atoms with E-state index in [1.165, 1.54) is 37.4 Å². The number of nitrogens with zero attached hydrogens (tertiary/aromatic N) is 2. The van der Waals surface area contributed by atoms with Crippen molar-refractivity contribution in [1.82, 2.24) is 9.97 Å². The van der Waals surface area contributed by atoms with Gasteiger partial charge in [-0.3, -0.25) is 4.72 Å². The summed E-state index contributed by atoms with van der Waals surface area (Å²) in [6.07, 6.45) is 7.64. The number of halogens is 1. The van der Waals surface area contributed by atoms with Crippen LogP contribution in [0.3, 0.4) is 0 Å². The first-order chi connectivity index (χ1) is 11.5. The molecule has 1 aliphatic carbocycles. The molecule has 128 valence electrons. The van der Waals surface area contributed by atoms with Crippen molar-refractivity contribution in [2.75, 3.05) is 11.3 Å². The molecule has 8 heteroatoms. The van der Waals surface area contributed by atoms with E-state index in [-0.39, 0.29) is 16.6 Å². The van der Waals surface area contributed by atoms with Gasteiger partial charge in [0, 0.05) is 16.9 Å². The average molecular weight is 412 g/mol. The number of nitrogens with one attached hydrogen (secondary N) is 1. The molecule has 1 heterocycles. The lowest BCUT2D eigenvalue weighted by Gasteiger charge is -2.14. The summed E-state index contributed by atoms with van der Waals surface area (Å²) in [6.45, 7) is 0.533. The van der Waals surface area contributed by atoms with E-state index in [2.05, 4.69) is 30.6 Å². The highest BCUT2D eigenvalue weighted by atomic mass is 79.9. The van der Waals surface area contributed by atoms with E-state index in [1.54, 1.807) is 12.1 Å². The maximum atomic E-state index is 12.5. The van der Waals surface area contributed by atoms with Gasteiger partial charge in [0.05, 0.1) is 11.5 Å². The maximum absolute atomic E-state index is 12.5. The monoisotopic (exact) mass is 411 g/mol. The van der Waals surface area contributed by atoms with Crippen molar-refractivity contribution in [3.8, 4) is 5.88 Å². The molecular weight excluding hydrogens is 394 g/mol. The summed E-state index contributed by atoms with van der Waals surface area (Å²) in [5.74, 6) is 0.825. The molecule has 24 heavy (non-hydrogen) atoms. The first kappa shape index (κ1) is 17.2. The Bertz CT molecular complexity index is 790. The van der Waals surface area contributed by atoms with Gasteiger partial charge in [-0.2, -0.15) is 0 Å². The zero-order valence-corrected chi connectivity index (χ0v) is 15.4. The molecule has 1 aliphatic rings. The molecule has 0 atom stereocenters. The van der Waals surface area contributed by atoms with Crippen LogP contribution >= 0.6 is 15.9 Å². The van der Waals surface area contributed by atoms with Gasteiger partial charge in [0.25, 0.3) is 15.9 Å². The van der Waals surface area contributed by atoms with Crippen LogP contribution in [0.25, 0.3) is 0 Å². The van der Waals surface area contributed by atoms with E-state index in [0.717, 1.165) is 17.3 Å². The second-order valence-corrected chi connectivity index (χ2v) is 8.33. The fourth-order valence-corrected chi connectivity index (χ4v) is 3.95. The van der Waals surface area contributed by atoms with Gasteiger partial charge in [-0.05, 0) is 43.0 Å². The number of ether oxygens (including phenoxy) is 1. The Morgan fingerprint density at radius 1 is 1.12 bits per heavy atom. The van der Waals surface area contributed by atoms with Crippen LogP contribution in [0.5, 0.6) is 5.88 Å². The van der Waals surface area contributed by atoms with Crippen LogP contribution in [-0.4, -0.2) is 25.0 Å². The van der Waals surface area contributed by atoms with Crippen molar-refractivity contribution < 1.29 is 13.2 Å². The summed E-state index contributed by atoms with van der Waals surface area (Å²) >= 11 is 3.29. The summed E-state index contributed by atoms with van der Waals surface area (Å²) in [7, 11) is -3.74. The zero-order valence-electron chi connectivity index (χ0n) is 13.0. The number of rotatable bonds is 6. The molecule has 0 bridgehead atoms. The highest BCUT2D eigenvalue weighted by Crippen LogP contribution is 2.27. The van der Waals surface area contributed by atoms with Crippen molar-refractivity contribution in [3.63, 3.8) is 0 Å². The van der Waals surface area contributed by atoms with Crippen molar-refractivity contribution >= 4 is 31.8 Å². The molecule has 6 nitrogen and oxygen atoms in total. The zero-order chi connectivity index (χ0) is 17.0. The second kappa shape index (κ2) is 7.48. The van der Waals surface area contributed by atoms with Gasteiger partial charge in [0.2, 0.25) is 5.82 Å². The number of benzene rings is 1. The van der Waals surface area contributed by atoms with Gasteiger partial charge >= 0.3 is 0 Å². The Hall–Kier alpha value is -1.67. The average Bonchev–Trinajstić information content (AvgIpc) is 3.07. The Morgan fingerprint density at radius 3 is 2.50 bits per heavy atom. The number of anilines is 1. The Kier molecular flexibility index (Phi) is 5.35. The Morgan fingerprint density at radius 2 is 1.79 bits per heavy atom. The van der Waals surface area contributed by atoms with Crippen molar-refractivity contribution in [1.29, 1.82) is 0 Å². The molecule has 0 amide bonds. The normalized spacial score (nSPS) is 15.4. The smallest absolute Gasteiger partial charge is 0.263 e. The largest absolute Gasteiger partial charge is 0.475 e. The molecule has 1 aromatic carbocycles. The molecule has 0 aliphatic heterocycles. The highest BCUT2D eigenvalue weighted by Gasteiger charge is 2.20. The fraction of sp³-hybridized carbons (Fsp3) is 0.375. The van der Waals surface area contributed by atoms with Gasteiger partial charge in [-0.15, -0.1) is 0 Å². The highest BCUT2D eigenvalue weighted by molar-refractivity contribution is 9.10. The Balaban J connectivity index is 1.75. The molecule has 1 aromatic heterocycles. The number of hydrogen-bond acceptors (Lipinski definition) is 5. The minimum atomic E-state index is -3.74. The number of sulfonamides is 1. The molecule has 1 saturated carbocycles. The molecule has 1 fully saturated rings. The standard InChI is InChI=1S/C16H18BrN3O3S/c17-13-5-7-14(8-6-13)24(21,22)20-15-16(19-10-9-18-15)23-11-12-3-1-2-4-12/h5-10,12H,1-4,11H2,(H,18,20). The molecule has 2 aromatic rings. The van der Waals surface area contributed by atoms with E-state index >= 15 is 0 Å². The molecule has 0 spiro atoms. The van der Waals surface area contributed by atoms with E-state index in [0.29, 0.717) is 12.5 Å². The topological polar surface area (TPSA) is 81.2 Å². The summed E-state index contributed by atoms with van der Waals surface area (Å²) < 4.78 is 33.9. The van der Waals surface area contributed by atoms with Crippen molar-refractivity contribution in [2.45, 2.75) is 30.6 Å². The Labute approximate surface area is 149 Å². The summed E-state index contributed by atoms with van der Waals surface area (Å²) in [5, 5.41) is 0. The van der Waals surface area contributed by atoms with Gasteiger partial charge < -0.3 is 4.74 Å². The first-order valence-electron chi connectivity index (χ1n) is 7.77. The van der Waals surface area contributed by atoms with E-state index < -0.39 is 10.0 Å². The van der Waals surface area contributed by atoms with Crippen molar-refractivity contribution in [3.05, 3.63) is 41.1 Å². The van der Waals surface area contributed by atoms with Gasteiger partial charge in [-0.25, -0.2) is 18.4 Å². The minimum absolute atomic E-state index is 0.110. The minimum Gasteiger partial charge on any atom is -0.475 e. The van der Waals surface area contributed by atoms with Crippen LogP contribution in [0.15, 0.2) is 46.0 Å². The quantitative estimate of drug-likeness (QED) is 0.784. The lowest BCUT2D eigenvalue weighted by atomic mass is 10.1. The van der Waals surface area contributed by atoms with E-state index in [9.17, 15) is 8.42 Å². The van der Waals surface area contributed by atoms with Crippen molar-refractivity contribution in [2.24, 2.45) is 5.92 Å². The van der Waals surface area contributed by atoms with E-state index in [1.807, 2.05) is 0 Å². The molecule has 0 saturated heterocycles. The summed E-state index contributed by atoms with van der Waals surface area (Å²) in [5.41, 5.74) is 0. The summed E-state index contributed by atoms with van der Waals surface area (Å²) in [4.78, 5) is 8.33. The SMILES string of the molecule is O=S(=O)(Nc1nccnc1OCC1CCCC1)c1ccc(Br)cc1. The molecule has 0 unspecified atom stereocenters. The lowest BCUT2D eigenvalue weighted by molar-refractivity contribution is 0.244. The summed E-state index contributed by atoms with van der Waals surface area (Å²) in [6, 6.07) is 6.37. The first-order valence-corrected chi connectivity index (χ1v) is 10.0. The number of hydrogen-bond donors (Lipinski definition) is 1. The third kappa shape index (κ3) is 4.24. The third-order valence-electron chi connectivity index (χ3n) is 3.95. The predicted molar refractivity (Wildman–Crippen MR) is 94.4 cm³/mol. The van der Waals surface area contributed by atoms with Crippen LogP contribution in [0, 0.1) is 5.92 Å². The van der Waals surface area contributed by atoms with Gasteiger partial charge in [0.1, 0.15) is 0 Å². The second-order valence-electron chi connectivity index (χ2n) is 5.73. The molecule has 1 N–H and O–H groups in total. The fourth-order valence-electron chi connectivity index (χ4n) is 2.67. The molecule has 0 radical (unpaired) electrons. The maximum Gasteiger partial charge on any atom is 0.263 e. The lowest BCUT2D eigenvalue weighted by Crippen LogP contribution is -2.16.